The van der Waals surface area contributed by atoms with Crippen LogP contribution in [0.25, 0.3) is 10.9 Å². The Morgan fingerprint density at radius 1 is 1.04 bits per heavy atom. The molecule has 0 unspecified atom stereocenters. The molecule has 0 radical (unpaired) electrons. The van der Waals surface area contributed by atoms with Gasteiger partial charge in [0.25, 0.3) is 0 Å². The second-order valence-corrected chi connectivity index (χ2v) is 5.98. The van der Waals surface area contributed by atoms with Crippen LogP contribution in [-0.4, -0.2) is 21.6 Å². The first-order valence-corrected chi connectivity index (χ1v) is 8.48. The van der Waals surface area contributed by atoms with Crippen molar-refractivity contribution >= 4 is 22.8 Å². The monoisotopic (exact) mass is 315 g/mol. The Kier molecular flexibility index (Phi) is 6.39. The van der Waals surface area contributed by atoms with Gasteiger partial charge in [-0.1, -0.05) is 44.4 Å². The molecule has 0 spiro atoms. The predicted molar refractivity (Wildman–Crippen MR) is 91.9 cm³/mol. The van der Waals surface area contributed by atoms with Crippen molar-refractivity contribution in [3.8, 4) is 0 Å². The summed E-state index contributed by atoms with van der Waals surface area (Å²) in [5.41, 5.74) is 1.97. The third kappa shape index (κ3) is 4.68. The molecule has 1 N–H and O–H groups in total. The van der Waals surface area contributed by atoms with Gasteiger partial charge in [-0.25, -0.2) is 0 Å². The molecule has 4 heteroatoms. The highest BCUT2D eigenvalue weighted by molar-refractivity contribution is 5.93. The molecule has 1 aromatic carbocycles. The van der Waals surface area contributed by atoms with Gasteiger partial charge >= 0.3 is 5.97 Å². The maximum atomic E-state index is 12.6. The Labute approximate surface area is 137 Å². The summed E-state index contributed by atoms with van der Waals surface area (Å²) in [4.78, 5) is 23.2. The normalized spacial score (nSPS) is 11.0. The largest absolute Gasteiger partial charge is 0.481 e. The molecule has 1 heterocycles. The summed E-state index contributed by atoms with van der Waals surface area (Å²) in [5.74, 6) is -0.854. The molecule has 23 heavy (non-hydrogen) atoms. The molecule has 0 aliphatic rings. The highest BCUT2D eigenvalue weighted by atomic mass is 16.4. The number of unbranched alkanes of at least 4 members (excludes halogenated alkanes) is 3. The minimum atomic E-state index is -0.852. The molecule has 2 aromatic rings. The second-order valence-electron chi connectivity index (χ2n) is 5.98. The van der Waals surface area contributed by atoms with Gasteiger partial charge < -0.3 is 5.11 Å². The number of fused-ring (bicyclic) bond motifs is 1. The summed E-state index contributed by atoms with van der Waals surface area (Å²) in [6, 6.07) is 9.98. The molecule has 0 fully saturated rings. The van der Waals surface area contributed by atoms with Crippen LogP contribution in [0.3, 0.4) is 0 Å². The van der Waals surface area contributed by atoms with E-state index in [0.717, 1.165) is 29.4 Å². The van der Waals surface area contributed by atoms with E-state index in [4.69, 9.17) is 5.11 Å². The highest BCUT2D eigenvalue weighted by Gasteiger charge is 2.15. The van der Waals surface area contributed by atoms with Gasteiger partial charge in [0.1, 0.15) is 0 Å². The number of hydrogen-bond acceptors (Lipinski definition) is 2. The van der Waals surface area contributed by atoms with Crippen LogP contribution in [0.4, 0.5) is 0 Å². The lowest BCUT2D eigenvalue weighted by Crippen LogP contribution is -2.14. The minimum absolute atomic E-state index is 0.00191. The Morgan fingerprint density at radius 3 is 2.57 bits per heavy atom. The van der Waals surface area contributed by atoms with E-state index >= 15 is 0 Å². The first-order chi connectivity index (χ1) is 11.1. The summed E-state index contributed by atoms with van der Waals surface area (Å²) >= 11 is 0. The van der Waals surface area contributed by atoms with E-state index in [-0.39, 0.29) is 18.7 Å². The summed E-state index contributed by atoms with van der Waals surface area (Å²) in [6.45, 7) is 2.18. The third-order valence-electron chi connectivity index (χ3n) is 4.10. The van der Waals surface area contributed by atoms with Gasteiger partial charge in [0, 0.05) is 23.9 Å². The van der Waals surface area contributed by atoms with Crippen molar-refractivity contribution in [3.05, 3.63) is 36.0 Å². The molecular weight excluding hydrogens is 290 g/mol. The van der Waals surface area contributed by atoms with Crippen LogP contribution in [-0.2, 0) is 11.2 Å². The lowest BCUT2D eigenvalue weighted by atomic mass is 10.1. The van der Waals surface area contributed by atoms with Crippen molar-refractivity contribution in [1.29, 1.82) is 0 Å². The number of aliphatic carboxylic acids is 1. The van der Waals surface area contributed by atoms with Crippen molar-refractivity contribution in [1.82, 2.24) is 4.57 Å². The molecule has 0 saturated carbocycles. The zero-order chi connectivity index (χ0) is 16.7. The zero-order valence-corrected chi connectivity index (χ0v) is 13.8. The quantitative estimate of drug-likeness (QED) is 0.685. The fourth-order valence-electron chi connectivity index (χ4n) is 2.93. The summed E-state index contributed by atoms with van der Waals surface area (Å²) < 4.78 is 1.79. The second kappa shape index (κ2) is 8.51. The van der Waals surface area contributed by atoms with Crippen molar-refractivity contribution < 1.29 is 14.7 Å². The van der Waals surface area contributed by atoms with Crippen LogP contribution in [0.15, 0.2) is 30.3 Å². The van der Waals surface area contributed by atoms with E-state index in [1.165, 1.54) is 19.3 Å². The Morgan fingerprint density at radius 2 is 1.83 bits per heavy atom. The van der Waals surface area contributed by atoms with Gasteiger partial charge in [-0.15, -0.1) is 0 Å². The molecule has 1 aromatic heterocycles. The van der Waals surface area contributed by atoms with Crippen LogP contribution in [0.2, 0.25) is 0 Å². The molecule has 4 nitrogen and oxygen atoms in total. The maximum absolute atomic E-state index is 12.6. The van der Waals surface area contributed by atoms with E-state index in [1.54, 1.807) is 4.57 Å². The minimum Gasteiger partial charge on any atom is -0.481 e. The summed E-state index contributed by atoms with van der Waals surface area (Å²) in [6.07, 6.45) is 6.24. The van der Waals surface area contributed by atoms with E-state index < -0.39 is 5.97 Å². The van der Waals surface area contributed by atoms with Gasteiger partial charge in [-0.3, -0.25) is 14.2 Å². The number of para-hydroxylation sites is 1. The fourth-order valence-corrected chi connectivity index (χ4v) is 2.93. The molecule has 0 aliphatic heterocycles. The lowest BCUT2D eigenvalue weighted by Gasteiger charge is -2.09. The molecule has 0 amide bonds. The number of aromatic nitrogens is 1. The van der Waals surface area contributed by atoms with Gasteiger partial charge in [0.15, 0.2) is 0 Å². The molecule has 0 aliphatic carbocycles. The highest BCUT2D eigenvalue weighted by Crippen LogP contribution is 2.22. The molecule has 0 saturated heterocycles. The van der Waals surface area contributed by atoms with Crippen LogP contribution >= 0.6 is 0 Å². The average Bonchev–Trinajstić information content (AvgIpc) is 2.89. The Hall–Kier alpha value is -2.10. The van der Waals surface area contributed by atoms with E-state index in [1.807, 2.05) is 24.3 Å². The van der Waals surface area contributed by atoms with Gasteiger partial charge in [-0.05, 0) is 31.4 Å². The number of carboxylic acid groups (broad SMARTS) is 1. The molecule has 2 rings (SSSR count). The van der Waals surface area contributed by atoms with Gasteiger partial charge in [0.05, 0.1) is 5.52 Å². The van der Waals surface area contributed by atoms with E-state index in [2.05, 4.69) is 13.0 Å². The maximum Gasteiger partial charge on any atom is 0.303 e. The fraction of sp³-hybridized carbons (Fsp3) is 0.474. The smallest absolute Gasteiger partial charge is 0.303 e. The first-order valence-electron chi connectivity index (χ1n) is 8.48. The van der Waals surface area contributed by atoms with E-state index in [0.29, 0.717) is 6.42 Å². The Bertz CT molecular complexity index is 672. The molecule has 124 valence electrons. The number of rotatable bonds is 9. The predicted octanol–water partition coefficient (Wildman–Crippen LogP) is 4.66. The number of carbonyl (C=O) groups excluding carboxylic acids is 1. The van der Waals surface area contributed by atoms with Crippen LogP contribution in [0.1, 0.15) is 62.4 Å². The number of carboxylic acids is 1. The summed E-state index contributed by atoms with van der Waals surface area (Å²) in [7, 11) is 0. The third-order valence-corrected chi connectivity index (χ3v) is 4.10. The van der Waals surface area contributed by atoms with Gasteiger partial charge in [-0.2, -0.15) is 0 Å². The standard InChI is InChI=1S/C19H25NO3/c1-2-3-4-5-10-16-14-15-9-6-7-11-17(15)20(16)18(21)12-8-13-19(22)23/h6-7,9,11,14H,2-5,8,10,12-13H2,1H3,(H,22,23). The van der Waals surface area contributed by atoms with Crippen LogP contribution in [0.5, 0.6) is 0 Å². The summed E-state index contributed by atoms with van der Waals surface area (Å²) in [5, 5.41) is 9.81. The number of nitrogens with zero attached hydrogens (tertiary/aromatic N) is 1. The first kappa shape index (κ1) is 17.3. The van der Waals surface area contributed by atoms with Gasteiger partial charge in [0.2, 0.25) is 5.91 Å². The van der Waals surface area contributed by atoms with Crippen molar-refractivity contribution in [2.45, 2.75) is 58.3 Å². The van der Waals surface area contributed by atoms with Crippen LogP contribution in [0, 0.1) is 0 Å². The van der Waals surface area contributed by atoms with Crippen molar-refractivity contribution in [3.63, 3.8) is 0 Å². The van der Waals surface area contributed by atoms with Crippen molar-refractivity contribution in [2.75, 3.05) is 0 Å². The SMILES string of the molecule is CCCCCCc1cc2ccccc2n1C(=O)CCCC(=O)O. The molecule has 0 bridgehead atoms. The average molecular weight is 315 g/mol. The lowest BCUT2D eigenvalue weighted by molar-refractivity contribution is -0.137. The van der Waals surface area contributed by atoms with E-state index in [9.17, 15) is 9.59 Å². The topological polar surface area (TPSA) is 59.3 Å². The molecular formula is C19H25NO3. The number of carbonyl (C=O) groups is 2. The van der Waals surface area contributed by atoms with Crippen LogP contribution < -0.4 is 0 Å². The number of hydrogen-bond donors (Lipinski definition) is 1. The Balaban J connectivity index is 2.16. The zero-order valence-electron chi connectivity index (χ0n) is 13.8. The molecule has 0 atom stereocenters. The number of aryl methyl sites for hydroxylation is 1. The van der Waals surface area contributed by atoms with Crippen molar-refractivity contribution in [2.24, 2.45) is 0 Å². The number of benzene rings is 1.